The van der Waals surface area contributed by atoms with Crippen LogP contribution in [0.25, 0.3) is 5.69 Å². The number of benzene rings is 1. The zero-order valence-electron chi connectivity index (χ0n) is 16.8. The minimum absolute atomic E-state index is 0.118. The first kappa shape index (κ1) is 18.2. The predicted molar refractivity (Wildman–Crippen MR) is 107 cm³/mol. The Kier molecular flexibility index (Phi) is 4.58. The molecule has 0 saturated carbocycles. The number of hydrogen-bond acceptors (Lipinski definition) is 3. The van der Waals surface area contributed by atoms with Gasteiger partial charge in [-0.2, -0.15) is 5.10 Å². The van der Waals surface area contributed by atoms with E-state index >= 15 is 0 Å². The van der Waals surface area contributed by atoms with Gasteiger partial charge in [0.05, 0.1) is 16.9 Å². The van der Waals surface area contributed by atoms with Gasteiger partial charge in [0.25, 0.3) is 5.91 Å². The molecule has 144 valence electrons. The van der Waals surface area contributed by atoms with Crippen LogP contribution in [0.2, 0.25) is 0 Å². The smallest absolute Gasteiger partial charge is 0.257 e. The summed E-state index contributed by atoms with van der Waals surface area (Å²) in [5, 5.41) is 8.48. The topological polar surface area (TPSA) is 50.2 Å². The Morgan fingerprint density at radius 1 is 1.11 bits per heavy atom. The summed E-state index contributed by atoms with van der Waals surface area (Å²) in [5.41, 5.74) is 3.62. The predicted octanol–water partition coefficient (Wildman–Crippen LogP) is 3.44. The molecule has 2 atom stereocenters. The van der Waals surface area contributed by atoms with E-state index in [0.29, 0.717) is 12.1 Å². The van der Waals surface area contributed by atoms with E-state index in [4.69, 9.17) is 5.10 Å². The van der Waals surface area contributed by atoms with Crippen LogP contribution in [-0.4, -0.2) is 45.8 Å². The second kappa shape index (κ2) is 6.79. The maximum Gasteiger partial charge on any atom is 0.257 e. The molecule has 2 bridgehead atoms. The molecule has 1 aromatic carbocycles. The van der Waals surface area contributed by atoms with E-state index in [1.807, 2.05) is 15.8 Å². The van der Waals surface area contributed by atoms with Crippen molar-refractivity contribution < 1.29 is 4.79 Å². The van der Waals surface area contributed by atoms with Gasteiger partial charge in [-0.15, -0.1) is 0 Å². The third kappa shape index (κ3) is 3.65. The van der Waals surface area contributed by atoms with Crippen LogP contribution in [0.15, 0.2) is 30.5 Å². The van der Waals surface area contributed by atoms with Crippen molar-refractivity contribution in [3.63, 3.8) is 0 Å². The van der Waals surface area contributed by atoms with E-state index in [0.717, 1.165) is 36.5 Å². The van der Waals surface area contributed by atoms with Crippen molar-refractivity contribution in [1.29, 1.82) is 0 Å². The molecular weight excluding hydrogens is 336 g/mol. The molecule has 2 fully saturated rings. The van der Waals surface area contributed by atoms with Gasteiger partial charge in [-0.3, -0.25) is 4.79 Å². The first-order chi connectivity index (χ1) is 12.8. The van der Waals surface area contributed by atoms with Crippen LogP contribution < -0.4 is 5.32 Å². The summed E-state index contributed by atoms with van der Waals surface area (Å²) >= 11 is 0. The molecule has 2 aliphatic rings. The number of hydrogen-bond donors (Lipinski definition) is 1. The van der Waals surface area contributed by atoms with Gasteiger partial charge in [0.2, 0.25) is 0 Å². The maximum absolute atomic E-state index is 13.4. The van der Waals surface area contributed by atoms with Gasteiger partial charge in [0, 0.05) is 36.8 Å². The summed E-state index contributed by atoms with van der Waals surface area (Å²) in [6, 6.07) is 9.27. The largest absolute Gasteiger partial charge is 0.337 e. The first-order valence-electron chi connectivity index (χ1n) is 10.0. The fourth-order valence-electron chi connectivity index (χ4n) is 4.21. The SMILES string of the molecule is Cc1ccc(-n2cc(C(=O)N3CCC4CCC(C3)N4)c(C(C)(C)C)n2)cc1. The quantitative estimate of drug-likeness (QED) is 0.886. The van der Waals surface area contributed by atoms with Gasteiger partial charge >= 0.3 is 0 Å². The number of aromatic nitrogens is 2. The Hall–Kier alpha value is -2.14. The number of likely N-dealkylation sites (tertiary alicyclic amines) is 1. The second-order valence-corrected chi connectivity index (χ2v) is 9.10. The Bertz CT molecular complexity index is 831. The van der Waals surface area contributed by atoms with Crippen LogP contribution >= 0.6 is 0 Å². The molecule has 5 heteroatoms. The number of rotatable bonds is 2. The zero-order chi connectivity index (χ0) is 19.2. The molecule has 5 nitrogen and oxygen atoms in total. The molecule has 0 spiro atoms. The molecule has 1 aromatic heterocycles. The number of amides is 1. The average Bonchev–Trinajstić information content (AvgIpc) is 3.18. The Labute approximate surface area is 161 Å². The highest BCUT2D eigenvalue weighted by Gasteiger charge is 2.34. The van der Waals surface area contributed by atoms with Crippen molar-refractivity contribution >= 4 is 5.91 Å². The van der Waals surface area contributed by atoms with E-state index in [1.165, 1.54) is 18.4 Å². The van der Waals surface area contributed by atoms with Crippen molar-refractivity contribution in [2.75, 3.05) is 13.1 Å². The van der Waals surface area contributed by atoms with Crippen molar-refractivity contribution in [2.45, 2.75) is 64.5 Å². The van der Waals surface area contributed by atoms with Gasteiger partial charge in [-0.05, 0) is 38.3 Å². The van der Waals surface area contributed by atoms with Gasteiger partial charge in [0.1, 0.15) is 0 Å². The molecule has 1 N–H and O–H groups in total. The van der Waals surface area contributed by atoms with Crippen LogP contribution in [0.3, 0.4) is 0 Å². The van der Waals surface area contributed by atoms with Crippen molar-refractivity contribution in [3.05, 3.63) is 47.3 Å². The fourth-order valence-corrected chi connectivity index (χ4v) is 4.21. The Morgan fingerprint density at radius 2 is 1.81 bits per heavy atom. The van der Waals surface area contributed by atoms with Crippen LogP contribution in [0.5, 0.6) is 0 Å². The van der Waals surface area contributed by atoms with Crippen LogP contribution in [0, 0.1) is 6.92 Å². The highest BCUT2D eigenvalue weighted by atomic mass is 16.2. The lowest BCUT2D eigenvalue weighted by Gasteiger charge is -2.25. The van der Waals surface area contributed by atoms with Gasteiger partial charge < -0.3 is 10.2 Å². The number of nitrogens with zero attached hydrogens (tertiary/aromatic N) is 3. The number of aryl methyl sites for hydroxylation is 1. The van der Waals surface area contributed by atoms with Gasteiger partial charge in [0.15, 0.2) is 0 Å². The molecule has 2 aliphatic heterocycles. The van der Waals surface area contributed by atoms with E-state index in [2.05, 4.69) is 57.3 Å². The van der Waals surface area contributed by atoms with E-state index in [-0.39, 0.29) is 11.3 Å². The lowest BCUT2D eigenvalue weighted by Crippen LogP contribution is -2.39. The monoisotopic (exact) mass is 366 g/mol. The molecular formula is C22H30N4O. The van der Waals surface area contributed by atoms with Crippen molar-refractivity contribution in [1.82, 2.24) is 20.0 Å². The van der Waals surface area contributed by atoms with E-state index < -0.39 is 0 Å². The summed E-state index contributed by atoms with van der Waals surface area (Å²) in [5.74, 6) is 0.118. The highest BCUT2D eigenvalue weighted by molar-refractivity contribution is 5.95. The number of fused-ring (bicyclic) bond motifs is 2. The molecule has 2 unspecified atom stereocenters. The number of carbonyl (C=O) groups is 1. The zero-order valence-corrected chi connectivity index (χ0v) is 16.8. The summed E-state index contributed by atoms with van der Waals surface area (Å²) in [6.45, 7) is 10.1. The summed E-state index contributed by atoms with van der Waals surface area (Å²) in [4.78, 5) is 15.5. The van der Waals surface area contributed by atoms with Crippen molar-refractivity contribution in [2.24, 2.45) is 0 Å². The number of carbonyl (C=O) groups excluding carboxylic acids is 1. The molecule has 2 saturated heterocycles. The third-order valence-electron chi connectivity index (χ3n) is 5.76. The standard InChI is InChI=1S/C22H30N4O/c1-15-5-9-18(10-6-15)26-14-19(20(24-26)22(2,3)4)21(27)25-12-11-16-7-8-17(13-25)23-16/h5-6,9-10,14,16-17,23H,7-8,11-13H2,1-4H3. The first-order valence-corrected chi connectivity index (χ1v) is 10.0. The summed E-state index contributed by atoms with van der Waals surface area (Å²) in [7, 11) is 0. The minimum Gasteiger partial charge on any atom is -0.337 e. The lowest BCUT2D eigenvalue weighted by atomic mass is 9.89. The van der Waals surface area contributed by atoms with Crippen LogP contribution in [0.4, 0.5) is 0 Å². The van der Waals surface area contributed by atoms with E-state index in [9.17, 15) is 4.79 Å². The molecule has 4 rings (SSSR count). The third-order valence-corrected chi connectivity index (χ3v) is 5.76. The molecule has 3 heterocycles. The van der Waals surface area contributed by atoms with Gasteiger partial charge in [-0.25, -0.2) is 4.68 Å². The number of nitrogens with one attached hydrogen (secondary N) is 1. The maximum atomic E-state index is 13.4. The van der Waals surface area contributed by atoms with Crippen LogP contribution in [0.1, 0.15) is 61.6 Å². The normalized spacial score (nSPS) is 22.7. The lowest BCUT2D eigenvalue weighted by molar-refractivity contribution is 0.0745. The van der Waals surface area contributed by atoms with E-state index in [1.54, 1.807) is 0 Å². The highest BCUT2D eigenvalue weighted by Crippen LogP contribution is 2.28. The molecule has 2 aromatic rings. The Balaban J connectivity index is 1.68. The average molecular weight is 367 g/mol. The van der Waals surface area contributed by atoms with Crippen molar-refractivity contribution in [3.8, 4) is 5.69 Å². The van der Waals surface area contributed by atoms with Crippen LogP contribution in [-0.2, 0) is 5.41 Å². The summed E-state index contributed by atoms with van der Waals surface area (Å²) < 4.78 is 1.86. The molecule has 27 heavy (non-hydrogen) atoms. The van der Waals surface area contributed by atoms with Gasteiger partial charge in [-0.1, -0.05) is 38.5 Å². The minimum atomic E-state index is -0.190. The molecule has 1 amide bonds. The molecule has 0 aliphatic carbocycles. The summed E-state index contributed by atoms with van der Waals surface area (Å²) in [6.07, 6.45) is 5.37. The fraction of sp³-hybridized carbons (Fsp3) is 0.545. The molecule has 0 radical (unpaired) electrons. The Morgan fingerprint density at radius 3 is 2.52 bits per heavy atom. The second-order valence-electron chi connectivity index (χ2n) is 9.10.